The predicted molar refractivity (Wildman–Crippen MR) is 123 cm³/mol. The molecule has 1 aliphatic heterocycles. The van der Waals surface area contributed by atoms with Crippen molar-refractivity contribution < 1.29 is 14.3 Å². The van der Waals surface area contributed by atoms with Crippen molar-refractivity contribution in [3.63, 3.8) is 0 Å². The SMILES string of the molecule is CCC(=O)N1CCc2ccc(O[C@H](C)C(=O)NCCC(C)C)cc2[C@H]1c1ccccc1. The first-order chi connectivity index (χ1) is 14.9. The summed E-state index contributed by atoms with van der Waals surface area (Å²) >= 11 is 0. The molecule has 2 aromatic carbocycles. The normalized spacial score (nSPS) is 16.5. The van der Waals surface area contributed by atoms with Gasteiger partial charge in [0, 0.05) is 19.5 Å². The van der Waals surface area contributed by atoms with Crippen molar-refractivity contribution in [2.45, 2.75) is 59.1 Å². The van der Waals surface area contributed by atoms with Crippen molar-refractivity contribution in [1.29, 1.82) is 0 Å². The lowest BCUT2D eigenvalue weighted by Crippen LogP contribution is -2.40. The summed E-state index contributed by atoms with van der Waals surface area (Å²) in [4.78, 5) is 27.1. The molecule has 2 amide bonds. The number of hydrogen-bond donors (Lipinski definition) is 1. The van der Waals surface area contributed by atoms with Crippen LogP contribution in [-0.4, -0.2) is 35.9 Å². The summed E-state index contributed by atoms with van der Waals surface area (Å²) < 4.78 is 5.99. The van der Waals surface area contributed by atoms with Crippen LogP contribution >= 0.6 is 0 Å². The minimum atomic E-state index is -0.586. The van der Waals surface area contributed by atoms with E-state index in [2.05, 4.69) is 37.4 Å². The van der Waals surface area contributed by atoms with E-state index in [9.17, 15) is 9.59 Å². The van der Waals surface area contributed by atoms with Crippen LogP contribution in [-0.2, 0) is 16.0 Å². The van der Waals surface area contributed by atoms with Gasteiger partial charge < -0.3 is 15.0 Å². The Balaban J connectivity index is 1.83. The summed E-state index contributed by atoms with van der Waals surface area (Å²) in [6.45, 7) is 9.29. The molecule has 1 heterocycles. The molecule has 0 saturated carbocycles. The standard InChI is InChI=1S/C26H34N2O3/c1-5-24(29)28-16-14-20-11-12-22(31-19(4)26(30)27-15-13-18(2)3)17-23(20)25(28)21-9-7-6-8-10-21/h6-12,17-19,25H,5,13-16H2,1-4H3,(H,27,30)/t19-,25-/m1/s1. The summed E-state index contributed by atoms with van der Waals surface area (Å²) in [6, 6.07) is 16.0. The summed E-state index contributed by atoms with van der Waals surface area (Å²) in [7, 11) is 0. The lowest BCUT2D eigenvalue weighted by atomic mass is 9.87. The fraction of sp³-hybridized carbons (Fsp3) is 0.462. The highest BCUT2D eigenvalue weighted by Crippen LogP contribution is 2.37. The molecule has 3 rings (SSSR count). The van der Waals surface area contributed by atoms with Crippen molar-refractivity contribution in [2.24, 2.45) is 5.92 Å². The second kappa shape index (κ2) is 10.5. The first-order valence-corrected chi connectivity index (χ1v) is 11.3. The van der Waals surface area contributed by atoms with E-state index in [1.54, 1.807) is 6.92 Å². The van der Waals surface area contributed by atoms with Gasteiger partial charge in [0.1, 0.15) is 5.75 Å². The maximum absolute atomic E-state index is 12.7. The van der Waals surface area contributed by atoms with Gasteiger partial charge in [0.25, 0.3) is 5.91 Å². The molecule has 5 nitrogen and oxygen atoms in total. The molecule has 166 valence electrons. The highest BCUT2D eigenvalue weighted by molar-refractivity contribution is 5.80. The molecular weight excluding hydrogens is 388 g/mol. The largest absolute Gasteiger partial charge is 0.481 e. The highest BCUT2D eigenvalue weighted by Gasteiger charge is 2.31. The number of nitrogens with zero attached hydrogens (tertiary/aromatic N) is 1. The first-order valence-electron chi connectivity index (χ1n) is 11.3. The number of amides is 2. The van der Waals surface area contributed by atoms with Gasteiger partial charge in [-0.2, -0.15) is 0 Å². The number of carbonyl (C=O) groups excluding carboxylic acids is 2. The van der Waals surface area contributed by atoms with E-state index in [0.29, 0.717) is 31.2 Å². The van der Waals surface area contributed by atoms with E-state index in [1.165, 1.54) is 5.56 Å². The highest BCUT2D eigenvalue weighted by atomic mass is 16.5. The fourth-order valence-corrected chi connectivity index (χ4v) is 4.02. The number of fused-ring (bicyclic) bond motifs is 1. The molecule has 31 heavy (non-hydrogen) atoms. The zero-order valence-electron chi connectivity index (χ0n) is 19.1. The molecule has 0 saturated heterocycles. The van der Waals surface area contributed by atoms with Gasteiger partial charge in [-0.1, -0.05) is 57.2 Å². The minimum Gasteiger partial charge on any atom is -0.481 e. The molecule has 2 aromatic rings. The van der Waals surface area contributed by atoms with E-state index < -0.39 is 6.10 Å². The summed E-state index contributed by atoms with van der Waals surface area (Å²) in [5, 5.41) is 2.94. The molecule has 0 fully saturated rings. The van der Waals surface area contributed by atoms with E-state index >= 15 is 0 Å². The van der Waals surface area contributed by atoms with Crippen molar-refractivity contribution in [3.05, 3.63) is 65.2 Å². The Morgan fingerprint density at radius 3 is 2.55 bits per heavy atom. The van der Waals surface area contributed by atoms with Crippen LogP contribution in [0.3, 0.4) is 0 Å². The lowest BCUT2D eigenvalue weighted by molar-refractivity contribution is -0.133. The van der Waals surface area contributed by atoms with Crippen LogP contribution < -0.4 is 10.1 Å². The summed E-state index contributed by atoms with van der Waals surface area (Å²) in [6.07, 6.45) is 1.65. The van der Waals surface area contributed by atoms with Crippen LogP contribution in [0.5, 0.6) is 5.75 Å². The van der Waals surface area contributed by atoms with E-state index in [4.69, 9.17) is 4.74 Å². The van der Waals surface area contributed by atoms with Gasteiger partial charge in [0.2, 0.25) is 5.91 Å². The number of ether oxygens (including phenoxy) is 1. The van der Waals surface area contributed by atoms with Gasteiger partial charge in [-0.25, -0.2) is 0 Å². The molecule has 1 N–H and O–H groups in total. The van der Waals surface area contributed by atoms with E-state index in [-0.39, 0.29) is 17.9 Å². The van der Waals surface area contributed by atoms with Gasteiger partial charge in [-0.15, -0.1) is 0 Å². The quantitative estimate of drug-likeness (QED) is 0.681. The number of nitrogens with one attached hydrogen (secondary N) is 1. The van der Waals surface area contributed by atoms with Gasteiger partial charge in [-0.3, -0.25) is 9.59 Å². The fourth-order valence-electron chi connectivity index (χ4n) is 4.02. The maximum atomic E-state index is 12.7. The zero-order valence-corrected chi connectivity index (χ0v) is 19.1. The van der Waals surface area contributed by atoms with Crippen LogP contribution in [0.15, 0.2) is 48.5 Å². The Labute approximate surface area is 185 Å². The predicted octanol–water partition coefficient (Wildman–Crippen LogP) is 4.50. The zero-order chi connectivity index (χ0) is 22.4. The van der Waals surface area contributed by atoms with Crippen LogP contribution in [0.1, 0.15) is 63.3 Å². The first kappa shape index (κ1) is 22.9. The van der Waals surface area contributed by atoms with Gasteiger partial charge in [-0.05, 0) is 54.5 Å². The second-order valence-corrected chi connectivity index (χ2v) is 8.60. The maximum Gasteiger partial charge on any atom is 0.260 e. The van der Waals surface area contributed by atoms with E-state index in [1.807, 2.05) is 42.2 Å². The summed E-state index contributed by atoms with van der Waals surface area (Å²) in [5.41, 5.74) is 3.38. The lowest BCUT2D eigenvalue weighted by Gasteiger charge is -2.38. The number of rotatable bonds is 8. The van der Waals surface area contributed by atoms with Crippen LogP contribution in [0.25, 0.3) is 0 Å². The number of carbonyl (C=O) groups is 2. The Morgan fingerprint density at radius 2 is 1.87 bits per heavy atom. The molecule has 0 radical (unpaired) electrons. The topological polar surface area (TPSA) is 58.6 Å². The Hall–Kier alpha value is -2.82. The van der Waals surface area contributed by atoms with Gasteiger partial charge in [0.05, 0.1) is 6.04 Å². The van der Waals surface area contributed by atoms with Crippen molar-refractivity contribution in [1.82, 2.24) is 10.2 Å². The average Bonchev–Trinajstić information content (AvgIpc) is 2.77. The molecule has 1 aliphatic rings. The van der Waals surface area contributed by atoms with Gasteiger partial charge >= 0.3 is 0 Å². The Kier molecular flexibility index (Phi) is 7.72. The molecule has 2 atom stereocenters. The Bertz CT molecular complexity index is 895. The van der Waals surface area contributed by atoms with E-state index in [0.717, 1.165) is 24.0 Å². The summed E-state index contributed by atoms with van der Waals surface area (Å²) in [5.74, 6) is 1.22. The number of hydrogen-bond acceptors (Lipinski definition) is 3. The van der Waals surface area contributed by atoms with Crippen molar-refractivity contribution >= 4 is 11.8 Å². The van der Waals surface area contributed by atoms with Crippen LogP contribution in [0.4, 0.5) is 0 Å². The third kappa shape index (κ3) is 5.66. The van der Waals surface area contributed by atoms with Crippen molar-refractivity contribution in [3.8, 4) is 5.75 Å². The van der Waals surface area contributed by atoms with Gasteiger partial charge in [0.15, 0.2) is 6.10 Å². The molecule has 0 bridgehead atoms. The van der Waals surface area contributed by atoms with Crippen LogP contribution in [0, 0.1) is 5.92 Å². The average molecular weight is 423 g/mol. The molecule has 0 unspecified atom stereocenters. The minimum absolute atomic E-state index is 0.110. The molecule has 5 heteroatoms. The molecule has 0 aromatic heterocycles. The molecule has 0 spiro atoms. The third-order valence-corrected chi connectivity index (χ3v) is 5.79. The third-order valence-electron chi connectivity index (χ3n) is 5.79. The molecular formula is C26H34N2O3. The van der Waals surface area contributed by atoms with Crippen LogP contribution in [0.2, 0.25) is 0 Å². The smallest absolute Gasteiger partial charge is 0.260 e. The molecule has 0 aliphatic carbocycles. The second-order valence-electron chi connectivity index (χ2n) is 8.60. The van der Waals surface area contributed by atoms with Crippen molar-refractivity contribution in [2.75, 3.05) is 13.1 Å². The Morgan fingerprint density at radius 1 is 1.13 bits per heavy atom. The number of benzene rings is 2. The monoisotopic (exact) mass is 422 g/mol.